The Hall–Kier alpha value is -6.25. The molecule has 0 bridgehead atoms. The highest BCUT2D eigenvalue weighted by molar-refractivity contribution is 6.09. The second kappa shape index (κ2) is 13.1. The summed E-state index contributed by atoms with van der Waals surface area (Å²) in [4.78, 5) is 4.39. The Bertz CT molecular complexity index is 2680. The number of fused-ring (bicyclic) bond motifs is 7. The average Bonchev–Trinajstić information content (AvgIpc) is 3.66. The summed E-state index contributed by atoms with van der Waals surface area (Å²) in [6.07, 6.45) is 12.9. The molecular formula is C51H42N2. The van der Waals surface area contributed by atoms with Crippen LogP contribution in [0.25, 0.3) is 66.1 Å². The number of nitrogens with zero attached hydrogens (tertiary/aromatic N) is 2. The van der Waals surface area contributed by atoms with Crippen LogP contribution in [-0.2, 0) is 5.41 Å². The molecule has 0 N–H and O–H groups in total. The summed E-state index contributed by atoms with van der Waals surface area (Å²) in [6, 6.07) is 51.3. The van der Waals surface area contributed by atoms with Crippen LogP contribution in [0.1, 0.15) is 43.4 Å². The van der Waals surface area contributed by atoms with Gasteiger partial charge in [0.2, 0.25) is 0 Å². The van der Waals surface area contributed by atoms with Gasteiger partial charge in [-0.2, -0.15) is 0 Å². The third-order valence-electron chi connectivity index (χ3n) is 11.4. The fourth-order valence-electron chi connectivity index (χ4n) is 8.82. The van der Waals surface area contributed by atoms with E-state index in [-0.39, 0.29) is 5.41 Å². The highest BCUT2D eigenvalue weighted by Crippen LogP contribution is 2.55. The zero-order valence-corrected chi connectivity index (χ0v) is 30.5. The van der Waals surface area contributed by atoms with Gasteiger partial charge in [0.1, 0.15) is 0 Å². The molecule has 2 unspecified atom stereocenters. The molecule has 8 aromatic rings. The van der Waals surface area contributed by atoms with Gasteiger partial charge in [0.05, 0.1) is 11.0 Å². The van der Waals surface area contributed by atoms with E-state index in [9.17, 15) is 0 Å². The van der Waals surface area contributed by atoms with E-state index >= 15 is 0 Å². The first-order valence-corrected chi connectivity index (χ1v) is 18.6. The number of benzene rings is 6. The molecule has 0 saturated heterocycles. The Kier molecular flexibility index (Phi) is 8.05. The summed E-state index contributed by atoms with van der Waals surface area (Å²) < 4.78 is 2.41. The van der Waals surface area contributed by atoms with Gasteiger partial charge in [-0.25, -0.2) is 0 Å². The van der Waals surface area contributed by atoms with Crippen LogP contribution in [0.3, 0.4) is 0 Å². The molecular weight excluding hydrogens is 641 g/mol. The van der Waals surface area contributed by atoms with Gasteiger partial charge in [0, 0.05) is 40.2 Å². The minimum Gasteiger partial charge on any atom is -0.309 e. The number of allylic oxidation sites excluding steroid dienone is 5. The molecule has 6 aromatic carbocycles. The van der Waals surface area contributed by atoms with Gasteiger partial charge in [-0.15, -0.1) is 6.58 Å². The van der Waals surface area contributed by atoms with Crippen molar-refractivity contribution in [3.8, 4) is 27.9 Å². The SMILES string of the molecule is C=CC.CC1(C)c2cc(-c3cccc(-n4c5ccccc5c5ccccc54)c3)ccc2C2C=CC(c3ccc(-c4cccc5ccncc45)cc3)=CC21. The fourth-order valence-corrected chi connectivity index (χ4v) is 8.82. The Morgan fingerprint density at radius 2 is 1.32 bits per heavy atom. The number of rotatable bonds is 4. The molecule has 0 aliphatic heterocycles. The lowest BCUT2D eigenvalue weighted by Crippen LogP contribution is -2.25. The molecule has 256 valence electrons. The van der Waals surface area contributed by atoms with Crippen LogP contribution in [0.5, 0.6) is 0 Å². The minimum atomic E-state index is -0.00758. The molecule has 2 aliphatic rings. The number of aromatic nitrogens is 2. The van der Waals surface area contributed by atoms with Gasteiger partial charge in [-0.05, 0) is 98.5 Å². The topological polar surface area (TPSA) is 17.8 Å². The summed E-state index contributed by atoms with van der Waals surface area (Å²) in [5, 5.41) is 4.97. The molecule has 2 heteroatoms. The molecule has 2 aromatic heterocycles. The van der Waals surface area contributed by atoms with Gasteiger partial charge in [0.15, 0.2) is 0 Å². The van der Waals surface area contributed by atoms with Crippen molar-refractivity contribution in [1.82, 2.24) is 9.55 Å². The van der Waals surface area contributed by atoms with Crippen molar-refractivity contribution in [2.45, 2.75) is 32.1 Å². The Labute approximate surface area is 312 Å². The zero-order valence-electron chi connectivity index (χ0n) is 30.5. The van der Waals surface area contributed by atoms with Gasteiger partial charge in [-0.3, -0.25) is 4.98 Å². The monoisotopic (exact) mass is 682 g/mol. The van der Waals surface area contributed by atoms with E-state index in [0.717, 1.165) is 0 Å². The summed E-state index contributed by atoms with van der Waals surface area (Å²) in [7, 11) is 0. The van der Waals surface area contributed by atoms with Crippen molar-refractivity contribution in [3.05, 3.63) is 199 Å². The molecule has 0 spiro atoms. The fraction of sp³-hybridized carbons (Fsp3) is 0.118. The predicted molar refractivity (Wildman–Crippen MR) is 226 cm³/mol. The average molecular weight is 683 g/mol. The highest BCUT2D eigenvalue weighted by Gasteiger charge is 2.45. The van der Waals surface area contributed by atoms with E-state index in [1.807, 2.05) is 19.3 Å². The summed E-state index contributed by atoms with van der Waals surface area (Å²) in [6.45, 7) is 10.1. The molecule has 2 aliphatic carbocycles. The van der Waals surface area contributed by atoms with E-state index in [0.29, 0.717) is 11.8 Å². The minimum absolute atomic E-state index is 0.00758. The molecule has 53 heavy (non-hydrogen) atoms. The number of para-hydroxylation sites is 2. The van der Waals surface area contributed by atoms with Crippen LogP contribution in [0.15, 0.2) is 183 Å². The van der Waals surface area contributed by atoms with Crippen molar-refractivity contribution < 1.29 is 0 Å². The lowest BCUT2D eigenvalue weighted by molar-refractivity contribution is 0.395. The number of hydrogen-bond donors (Lipinski definition) is 0. The second-order valence-corrected chi connectivity index (χ2v) is 14.9. The predicted octanol–water partition coefficient (Wildman–Crippen LogP) is 13.5. The Morgan fingerprint density at radius 1 is 0.660 bits per heavy atom. The number of pyridine rings is 1. The lowest BCUT2D eigenvalue weighted by Gasteiger charge is -2.31. The van der Waals surface area contributed by atoms with Crippen LogP contribution in [-0.4, -0.2) is 9.55 Å². The van der Waals surface area contributed by atoms with Crippen molar-refractivity contribution in [1.29, 1.82) is 0 Å². The van der Waals surface area contributed by atoms with Crippen LogP contribution in [0, 0.1) is 5.92 Å². The van der Waals surface area contributed by atoms with Crippen LogP contribution in [0.4, 0.5) is 0 Å². The van der Waals surface area contributed by atoms with Crippen molar-refractivity contribution in [3.63, 3.8) is 0 Å². The molecule has 2 heterocycles. The van der Waals surface area contributed by atoms with Gasteiger partial charge >= 0.3 is 0 Å². The van der Waals surface area contributed by atoms with E-state index in [4.69, 9.17) is 0 Å². The first-order chi connectivity index (χ1) is 26.0. The first kappa shape index (κ1) is 32.6. The molecule has 10 rings (SSSR count). The quantitative estimate of drug-likeness (QED) is 0.169. The normalized spacial score (nSPS) is 16.8. The van der Waals surface area contributed by atoms with E-state index < -0.39 is 0 Å². The third-order valence-corrected chi connectivity index (χ3v) is 11.4. The second-order valence-electron chi connectivity index (χ2n) is 14.9. The van der Waals surface area contributed by atoms with Gasteiger partial charge in [0.25, 0.3) is 0 Å². The lowest BCUT2D eigenvalue weighted by atomic mass is 9.72. The molecule has 0 saturated carbocycles. The maximum Gasteiger partial charge on any atom is 0.0541 e. The largest absolute Gasteiger partial charge is 0.309 e. The summed E-state index contributed by atoms with van der Waals surface area (Å²) >= 11 is 0. The van der Waals surface area contributed by atoms with Crippen molar-refractivity contribution in [2.24, 2.45) is 5.92 Å². The summed E-state index contributed by atoms with van der Waals surface area (Å²) in [5.74, 6) is 0.768. The molecule has 2 atom stereocenters. The molecule has 2 nitrogen and oxygen atoms in total. The molecule has 0 amide bonds. The molecule has 0 fully saturated rings. The van der Waals surface area contributed by atoms with E-state index in [2.05, 4.69) is 188 Å². The zero-order chi connectivity index (χ0) is 36.1. The Balaban J connectivity index is 0.00000120. The van der Waals surface area contributed by atoms with Crippen molar-refractivity contribution >= 4 is 38.2 Å². The van der Waals surface area contributed by atoms with Crippen LogP contribution < -0.4 is 0 Å². The van der Waals surface area contributed by atoms with Gasteiger partial charge < -0.3 is 4.57 Å². The van der Waals surface area contributed by atoms with E-state index in [1.165, 1.54) is 82.8 Å². The third kappa shape index (κ3) is 5.45. The number of hydrogen-bond acceptors (Lipinski definition) is 1. The standard InChI is InChI=1S/C48H36N2.C3H6/c1-48(2)44-28-35(31-17-19-33(20-18-31)38-14-8-9-32-25-26-49-30-43(32)38)21-23-39(44)40-24-22-36(29-45(40)48)34-10-7-11-37(27-34)50-46-15-5-3-12-41(46)42-13-4-6-16-47(42)50;1-3-2/h3-30,39,44H,1-2H3;3H,1H2,2H3. The van der Waals surface area contributed by atoms with Crippen LogP contribution in [0.2, 0.25) is 0 Å². The Morgan fingerprint density at radius 3 is 2.08 bits per heavy atom. The van der Waals surface area contributed by atoms with E-state index in [1.54, 1.807) is 6.08 Å². The van der Waals surface area contributed by atoms with Crippen LogP contribution >= 0.6 is 0 Å². The highest BCUT2D eigenvalue weighted by atomic mass is 15.0. The van der Waals surface area contributed by atoms with Crippen molar-refractivity contribution in [2.75, 3.05) is 0 Å². The summed E-state index contributed by atoms with van der Waals surface area (Å²) in [5.41, 5.74) is 14.1. The molecule has 0 radical (unpaired) electrons. The maximum absolute atomic E-state index is 4.39. The first-order valence-electron chi connectivity index (χ1n) is 18.6. The maximum atomic E-state index is 4.39. The smallest absolute Gasteiger partial charge is 0.0541 e. The van der Waals surface area contributed by atoms with Gasteiger partial charge in [-0.1, -0.05) is 147 Å².